The Labute approximate surface area is 243 Å². The monoisotopic (exact) mass is 599 g/mol. The van der Waals surface area contributed by atoms with E-state index in [-0.39, 0.29) is 50.0 Å². The van der Waals surface area contributed by atoms with Crippen LogP contribution in [0.15, 0.2) is 98.1 Å². The Morgan fingerprint density at radius 1 is 0.721 bits per heavy atom. The molecule has 0 heterocycles. The number of hydrogen-bond donors (Lipinski definition) is 5. The fourth-order valence-corrected chi connectivity index (χ4v) is 5.05. The molecule has 0 fully saturated rings. The quantitative estimate of drug-likeness (QED) is 0.0731. The number of nitrogens with two attached hydrogens (primary N) is 1. The minimum atomic E-state index is -4.87. The Balaban J connectivity index is 1.68. The molecule has 0 radical (unpaired) electrons. The van der Waals surface area contributed by atoms with Gasteiger partial charge in [0.15, 0.2) is 5.75 Å². The van der Waals surface area contributed by atoms with E-state index in [0.717, 1.165) is 11.6 Å². The fraction of sp³-hybridized carbons (Fsp3) is 0.0345. The zero-order valence-corrected chi connectivity index (χ0v) is 22.9. The van der Waals surface area contributed by atoms with Gasteiger partial charge in [-0.2, -0.15) is 8.42 Å². The molecule has 0 aliphatic carbocycles. The van der Waals surface area contributed by atoms with Gasteiger partial charge in [-0.25, -0.2) is 9.59 Å². The van der Waals surface area contributed by atoms with Crippen LogP contribution in [-0.4, -0.2) is 40.2 Å². The first-order valence-corrected chi connectivity index (χ1v) is 13.8. The Bertz CT molecular complexity index is 2160. The minimum absolute atomic E-state index is 0.0572. The highest BCUT2D eigenvalue weighted by molar-refractivity contribution is 7.86. The second-order valence-corrected chi connectivity index (χ2v) is 10.8. The van der Waals surface area contributed by atoms with Crippen LogP contribution in [0.25, 0.3) is 21.5 Å². The first kappa shape index (κ1) is 28.8. The smallest absolute Gasteiger partial charge is 0.337 e. The van der Waals surface area contributed by atoms with Crippen molar-refractivity contribution in [2.75, 3.05) is 5.73 Å². The maximum absolute atomic E-state index is 12.2. The normalized spacial score (nSPS) is 12.0. The molecule has 5 rings (SSSR count). The van der Waals surface area contributed by atoms with Crippen LogP contribution in [-0.2, 0) is 10.1 Å². The number of nitrogen functional groups attached to an aromatic ring is 1. The van der Waals surface area contributed by atoms with Crippen LogP contribution in [0.5, 0.6) is 5.75 Å². The molecule has 14 heteroatoms. The number of anilines is 1. The minimum Gasteiger partial charge on any atom is -0.505 e. The summed E-state index contributed by atoms with van der Waals surface area (Å²) in [5.41, 5.74) is 6.49. The maximum atomic E-state index is 12.2. The molecule has 0 bridgehead atoms. The molecule has 5 aromatic carbocycles. The van der Waals surface area contributed by atoms with Gasteiger partial charge < -0.3 is 21.1 Å². The Kier molecular flexibility index (Phi) is 7.31. The van der Waals surface area contributed by atoms with Crippen molar-refractivity contribution in [2.24, 2.45) is 20.5 Å². The molecule has 0 amide bonds. The van der Waals surface area contributed by atoms with Crippen molar-refractivity contribution in [2.45, 2.75) is 11.8 Å². The number of aromatic carboxylic acids is 2. The summed E-state index contributed by atoms with van der Waals surface area (Å²) in [6.07, 6.45) is 0. The average Bonchev–Trinajstić information content (AvgIpc) is 2.95. The van der Waals surface area contributed by atoms with Gasteiger partial charge in [-0.3, -0.25) is 4.55 Å². The predicted molar refractivity (Wildman–Crippen MR) is 157 cm³/mol. The van der Waals surface area contributed by atoms with Crippen molar-refractivity contribution in [3.63, 3.8) is 0 Å². The second kappa shape index (κ2) is 10.9. The molecular formula is C29H21N5O8S. The number of phenols is 1. The van der Waals surface area contributed by atoms with E-state index in [0.29, 0.717) is 5.39 Å². The highest BCUT2D eigenvalue weighted by Gasteiger charge is 2.22. The molecule has 0 aromatic heterocycles. The number of hydrogen-bond acceptors (Lipinski definition) is 10. The van der Waals surface area contributed by atoms with E-state index in [1.165, 1.54) is 60.7 Å². The lowest BCUT2D eigenvalue weighted by Gasteiger charge is -2.10. The van der Waals surface area contributed by atoms with Crippen LogP contribution < -0.4 is 5.73 Å². The molecule has 6 N–H and O–H groups in total. The topological polar surface area (TPSA) is 225 Å². The van der Waals surface area contributed by atoms with Gasteiger partial charge >= 0.3 is 11.9 Å². The Morgan fingerprint density at radius 2 is 1.37 bits per heavy atom. The van der Waals surface area contributed by atoms with E-state index in [1.807, 2.05) is 0 Å². The van der Waals surface area contributed by atoms with Gasteiger partial charge in [0.05, 0.1) is 22.5 Å². The number of aromatic hydroxyl groups is 1. The van der Waals surface area contributed by atoms with Gasteiger partial charge in [0.1, 0.15) is 16.3 Å². The molecule has 216 valence electrons. The molecule has 0 aliphatic heterocycles. The predicted octanol–water partition coefficient (Wildman–Crippen LogP) is 7.06. The number of carboxylic acids is 2. The molecule has 13 nitrogen and oxygen atoms in total. The number of rotatable bonds is 7. The van der Waals surface area contributed by atoms with Crippen LogP contribution in [0.1, 0.15) is 26.3 Å². The summed E-state index contributed by atoms with van der Waals surface area (Å²) < 4.78 is 34.2. The zero-order valence-electron chi connectivity index (χ0n) is 22.1. The van der Waals surface area contributed by atoms with Crippen molar-refractivity contribution >= 4 is 72.0 Å². The number of carboxylic acid groups (broad SMARTS) is 2. The summed E-state index contributed by atoms with van der Waals surface area (Å²) in [5, 5.41) is 47.3. The largest absolute Gasteiger partial charge is 0.505 e. The van der Waals surface area contributed by atoms with Crippen molar-refractivity contribution in [3.05, 3.63) is 89.5 Å². The summed E-state index contributed by atoms with van der Waals surface area (Å²) in [6.45, 7) is 1.74. The molecule has 0 unspecified atom stereocenters. The third-order valence-electron chi connectivity index (χ3n) is 6.48. The standard InChI is InChI=1S/C29H21N5O8S/c1-14-2-7-24(21(10-14)29(38)39)32-31-22-8-9-23(20-11-16(28(36)37)4-6-18(20)22)33-34-26-25(43(40,41)42)12-15-3-5-17(30)13-19(15)27(26)35/h2-13,35H,30H2,1H3,(H,36,37)(H,38,39)(H,40,41,42). The number of nitrogens with zero attached hydrogens (tertiary/aromatic N) is 4. The Morgan fingerprint density at radius 3 is 2.05 bits per heavy atom. The van der Waals surface area contributed by atoms with Crippen molar-refractivity contribution in [3.8, 4) is 5.75 Å². The van der Waals surface area contributed by atoms with Crippen molar-refractivity contribution in [1.29, 1.82) is 0 Å². The van der Waals surface area contributed by atoms with Crippen LogP contribution in [0, 0.1) is 6.92 Å². The number of azo groups is 2. The lowest BCUT2D eigenvalue weighted by molar-refractivity contribution is 0.0686. The highest BCUT2D eigenvalue weighted by Crippen LogP contribution is 2.43. The third-order valence-corrected chi connectivity index (χ3v) is 7.34. The zero-order chi connectivity index (χ0) is 31.1. The fourth-order valence-electron chi connectivity index (χ4n) is 4.40. The summed E-state index contributed by atoms with van der Waals surface area (Å²) in [5.74, 6) is -3.02. The third kappa shape index (κ3) is 5.72. The SMILES string of the molecule is Cc1ccc(N=Nc2ccc(N=Nc3c(S(=O)(=O)O)cc4ccc(N)cc4c3O)c3cc(C(=O)O)ccc23)c(C(=O)O)c1. The first-order valence-electron chi connectivity index (χ1n) is 12.3. The van der Waals surface area contributed by atoms with E-state index in [9.17, 15) is 37.9 Å². The van der Waals surface area contributed by atoms with Gasteiger partial charge in [-0.1, -0.05) is 23.8 Å². The van der Waals surface area contributed by atoms with Crippen molar-refractivity contribution < 1.29 is 37.9 Å². The summed E-state index contributed by atoms with van der Waals surface area (Å²) in [4.78, 5) is 22.7. The van der Waals surface area contributed by atoms with E-state index in [1.54, 1.807) is 13.0 Å². The molecule has 0 spiro atoms. The van der Waals surface area contributed by atoms with Gasteiger partial charge in [0.25, 0.3) is 10.1 Å². The lowest BCUT2D eigenvalue weighted by atomic mass is 10.0. The Hall–Kier alpha value is -5.73. The van der Waals surface area contributed by atoms with E-state index in [2.05, 4.69) is 20.5 Å². The number of phenolic OH excluding ortho intramolecular Hbond substituents is 1. The van der Waals surface area contributed by atoms with Crippen molar-refractivity contribution in [1.82, 2.24) is 0 Å². The molecule has 0 saturated heterocycles. The van der Waals surface area contributed by atoms with Gasteiger partial charge in [-0.15, -0.1) is 20.5 Å². The van der Waals surface area contributed by atoms with E-state index >= 15 is 0 Å². The van der Waals surface area contributed by atoms with Crippen LogP contribution in [0.4, 0.5) is 28.4 Å². The maximum Gasteiger partial charge on any atom is 0.337 e. The molecule has 43 heavy (non-hydrogen) atoms. The molecule has 5 aromatic rings. The van der Waals surface area contributed by atoms with Crippen LogP contribution >= 0.6 is 0 Å². The molecule has 0 aliphatic rings. The van der Waals surface area contributed by atoms with Crippen LogP contribution in [0.3, 0.4) is 0 Å². The number of carbonyl (C=O) groups is 2. The number of aryl methyl sites for hydroxylation is 1. The second-order valence-electron chi connectivity index (χ2n) is 9.42. The number of benzene rings is 5. The highest BCUT2D eigenvalue weighted by atomic mass is 32.2. The summed E-state index contributed by atoms with van der Waals surface area (Å²) >= 11 is 0. The molecule has 0 saturated carbocycles. The van der Waals surface area contributed by atoms with Gasteiger partial charge in [0.2, 0.25) is 0 Å². The average molecular weight is 600 g/mol. The summed E-state index contributed by atoms with van der Waals surface area (Å²) in [7, 11) is -4.87. The lowest BCUT2D eigenvalue weighted by Crippen LogP contribution is -1.99. The van der Waals surface area contributed by atoms with E-state index in [4.69, 9.17) is 5.73 Å². The van der Waals surface area contributed by atoms with E-state index < -0.39 is 38.4 Å². The molecule has 0 atom stereocenters. The van der Waals surface area contributed by atoms with Crippen LogP contribution in [0.2, 0.25) is 0 Å². The number of fused-ring (bicyclic) bond motifs is 2. The first-order chi connectivity index (χ1) is 20.3. The summed E-state index contributed by atoms with van der Waals surface area (Å²) in [6, 6.07) is 17.1. The van der Waals surface area contributed by atoms with Gasteiger partial charge in [0, 0.05) is 21.8 Å². The van der Waals surface area contributed by atoms with Gasteiger partial charge in [-0.05, 0) is 66.9 Å². The molecular weight excluding hydrogens is 578 g/mol.